The molecule has 0 N–H and O–H groups in total. The van der Waals surface area contributed by atoms with Gasteiger partial charge in [0.15, 0.2) is 5.69 Å². The standard InChI is InChI=1S/C10H13N3O3/c1-14-2-3-15-4-5-16-10-8-12-9(6-11)7-13-10/h7-8H,2-5H2,1H3. The van der Waals surface area contributed by atoms with E-state index in [2.05, 4.69) is 9.97 Å². The first kappa shape index (κ1) is 12.4. The maximum absolute atomic E-state index is 8.50. The molecule has 6 heteroatoms. The van der Waals surface area contributed by atoms with Crippen molar-refractivity contribution in [1.29, 1.82) is 5.26 Å². The number of methoxy groups -OCH3 is 1. The van der Waals surface area contributed by atoms with Gasteiger partial charge in [0.25, 0.3) is 0 Å². The van der Waals surface area contributed by atoms with Crippen LogP contribution in [0.2, 0.25) is 0 Å². The van der Waals surface area contributed by atoms with E-state index in [1.807, 2.05) is 6.07 Å². The summed E-state index contributed by atoms with van der Waals surface area (Å²) in [5.74, 6) is 0.384. The van der Waals surface area contributed by atoms with Crippen LogP contribution in [0, 0.1) is 11.3 Å². The van der Waals surface area contributed by atoms with Crippen molar-refractivity contribution in [2.45, 2.75) is 0 Å². The summed E-state index contributed by atoms with van der Waals surface area (Å²) in [6.45, 7) is 1.96. The Bertz CT molecular complexity index is 334. The minimum atomic E-state index is 0.267. The summed E-state index contributed by atoms with van der Waals surface area (Å²) in [6.07, 6.45) is 2.77. The molecule has 1 heterocycles. The maximum atomic E-state index is 8.50. The number of aromatic nitrogens is 2. The molecule has 86 valence electrons. The normalized spacial score (nSPS) is 9.75. The van der Waals surface area contributed by atoms with E-state index in [-0.39, 0.29) is 5.69 Å². The summed E-state index contributed by atoms with van der Waals surface area (Å²) in [6, 6.07) is 1.88. The van der Waals surface area contributed by atoms with Gasteiger partial charge in [0.1, 0.15) is 12.7 Å². The molecule has 0 amide bonds. The van der Waals surface area contributed by atoms with Crippen molar-refractivity contribution in [2.75, 3.05) is 33.5 Å². The fourth-order valence-electron chi connectivity index (χ4n) is 0.898. The molecule has 6 nitrogen and oxygen atoms in total. The first-order valence-electron chi connectivity index (χ1n) is 4.78. The summed E-state index contributed by atoms with van der Waals surface area (Å²) in [7, 11) is 1.62. The lowest BCUT2D eigenvalue weighted by atomic mass is 10.5. The second kappa shape index (κ2) is 7.56. The van der Waals surface area contributed by atoms with Gasteiger partial charge in [-0.15, -0.1) is 0 Å². The molecular formula is C10H13N3O3. The third-order valence-electron chi connectivity index (χ3n) is 1.65. The van der Waals surface area contributed by atoms with Crippen LogP contribution in [0.4, 0.5) is 0 Å². The molecule has 0 atom stereocenters. The molecule has 0 aromatic carbocycles. The zero-order valence-electron chi connectivity index (χ0n) is 9.05. The zero-order valence-corrected chi connectivity index (χ0v) is 9.05. The molecule has 0 aliphatic rings. The Morgan fingerprint density at radius 3 is 2.62 bits per heavy atom. The SMILES string of the molecule is COCCOCCOc1cnc(C#N)cn1. The van der Waals surface area contributed by atoms with E-state index in [4.69, 9.17) is 19.5 Å². The van der Waals surface area contributed by atoms with Crippen molar-refractivity contribution in [3.8, 4) is 11.9 Å². The van der Waals surface area contributed by atoms with Gasteiger partial charge in [-0.1, -0.05) is 0 Å². The molecule has 0 radical (unpaired) electrons. The number of hydrogen-bond donors (Lipinski definition) is 0. The molecule has 0 aliphatic carbocycles. The molecule has 0 bridgehead atoms. The van der Waals surface area contributed by atoms with Gasteiger partial charge in [0.2, 0.25) is 5.88 Å². The highest BCUT2D eigenvalue weighted by Gasteiger charge is 1.97. The van der Waals surface area contributed by atoms with Crippen LogP contribution in [0.5, 0.6) is 5.88 Å². The van der Waals surface area contributed by atoms with E-state index in [0.717, 1.165) is 0 Å². The summed E-state index contributed by atoms with van der Waals surface area (Å²) in [5.41, 5.74) is 0.267. The Morgan fingerprint density at radius 2 is 2.00 bits per heavy atom. The van der Waals surface area contributed by atoms with Crippen LogP contribution in [0.1, 0.15) is 5.69 Å². The second-order valence-corrected chi connectivity index (χ2v) is 2.81. The molecule has 0 spiro atoms. The van der Waals surface area contributed by atoms with Crippen molar-refractivity contribution in [3.05, 3.63) is 18.1 Å². The fourth-order valence-corrected chi connectivity index (χ4v) is 0.898. The quantitative estimate of drug-likeness (QED) is 0.622. The predicted molar refractivity (Wildman–Crippen MR) is 54.9 cm³/mol. The van der Waals surface area contributed by atoms with Crippen LogP contribution in [0.25, 0.3) is 0 Å². The Morgan fingerprint density at radius 1 is 1.19 bits per heavy atom. The van der Waals surface area contributed by atoms with Crippen molar-refractivity contribution >= 4 is 0 Å². The predicted octanol–water partition coefficient (Wildman–Crippen LogP) is 0.390. The van der Waals surface area contributed by atoms with Gasteiger partial charge in [-0.05, 0) is 0 Å². The van der Waals surface area contributed by atoms with Crippen molar-refractivity contribution in [1.82, 2.24) is 9.97 Å². The summed E-state index contributed by atoms with van der Waals surface area (Å²) >= 11 is 0. The van der Waals surface area contributed by atoms with Crippen LogP contribution >= 0.6 is 0 Å². The minimum absolute atomic E-state index is 0.267. The molecule has 1 aromatic heterocycles. The number of ether oxygens (including phenoxy) is 3. The molecule has 0 fully saturated rings. The first-order valence-corrected chi connectivity index (χ1v) is 4.78. The van der Waals surface area contributed by atoms with Gasteiger partial charge in [-0.25, -0.2) is 9.97 Å². The van der Waals surface area contributed by atoms with E-state index < -0.39 is 0 Å². The maximum Gasteiger partial charge on any atom is 0.232 e. The van der Waals surface area contributed by atoms with Gasteiger partial charge in [-0.2, -0.15) is 5.26 Å². The smallest absolute Gasteiger partial charge is 0.232 e. The summed E-state index contributed by atoms with van der Waals surface area (Å²) < 4.78 is 15.2. The van der Waals surface area contributed by atoms with Crippen molar-refractivity contribution in [2.24, 2.45) is 0 Å². The first-order chi connectivity index (χ1) is 7.86. The molecule has 0 saturated heterocycles. The Kier molecular flexibility index (Phi) is 5.84. The largest absolute Gasteiger partial charge is 0.474 e. The molecule has 0 saturated carbocycles. The molecule has 1 rings (SSSR count). The zero-order chi connectivity index (χ0) is 11.6. The van der Waals surface area contributed by atoms with E-state index >= 15 is 0 Å². The minimum Gasteiger partial charge on any atom is -0.474 e. The number of hydrogen-bond acceptors (Lipinski definition) is 6. The summed E-state index contributed by atoms with van der Waals surface area (Å²) in [5, 5.41) is 8.50. The van der Waals surface area contributed by atoms with E-state index in [1.165, 1.54) is 12.4 Å². The van der Waals surface area contributed by atoms with E-state index in [0.29, 0.717) is 32.3 Å². The van der Waals surface area contributed by atoms with Crippen molar-refractivity contribution in [3.63, 3.8) is 0 Å². The monoisotopic (exact) mass is 223 g/mol. The lowest BCUT2D eigenvalue weighted by Gasteiger charge is -2.05. The second-order valence-electron chi connectivity index (χ2n) is 2.81. The average molecular weight is 223 g/mol. The van der Waals surface area contributed by atoms with E-state index in [9.17, 15) is 0 Å². The van der Waals surface area contributed by atoms with Crippen LogP contribution in [0.3, 0.4) is 0 Å². The highest BCUT2D eigenvalue weighted by Crippen LogP contribution is 2.02. The lowest BCUT2D eigenvalue weighted by Crippen LogP contribution is -2.10. The lowest BCUT2D eigenvalue weighted by molar-refractivity contribution is 0.0536. The highest BCUT2D eigenvalue weighted by atomic mass is 16.5. The third kappa shape index (κ3) is 4.68. The summed E-state index contributed by atoms with van der Waals surface area (Å²) in [4.78, 5) is 7.71. The molecule has 16 heavy (non-hydrogen) atoms. The van der Waals surface area contributed by atoms with Gasteiger partial charge in [-0.3, -0.25) is 0 Å². The van der Waals surface area contributed by atoms with Crippen LogP contribution in [0.15, 0.2) is 12.4 Å². The van der Waals surface area contributed by atoms with Crippen LogP contribution in [-0.2, 0) is 9.47 Å². The number of nitrogens with zero attached hydrogens (tertiary/aromatic N) is 3. The van der Waals surface area contributed by atoms with Gasteiger partial charge in [0, 0.05) is 7.11 Å². The van der Waals surface area contributed by atoms with Crippen molar-refractivity contribution < 1.29 is 14.2 Å². The Labute approximate surface area is 93.8 Å². The number of rotatable bonds is 7. The van der Waals surface area contributed by atoms with Gasteiger partial charge in [0.05, 0.1) is 32.2 Å². The molecule has 0 unspecified atom stereocenters. The highest BCUT2D eigenvalue weighted by molar-refractivity contribution is 5.18. The van der Waals surface area contributed by atoms with Crippen LogP contribution in [-0.4, -0.2) is 43.5 Å². The third-order valence-corrected chi connectivity index (χ3v) is 1.65. The molecule has 0 aliphatic heterocycles. The Hall–Kier alpha value is -1.71. The molecular weight excluding hydrogens is 210 g/mol. The average Bonchev–Trinajstić information content (AvgIpc) is 2.34. The van der Waals surface area contributed by atoms with Gasteiger partial charge >= 0.3 is 0 Å². The van der Waals surface area contributed by atoms with E-state index in [1.54, 1.807) is 7.11 Å². The van der Waals surface area contributed by atoms with Gasteiger partial charge < -0.3 is 14.2 Å². The van der Waals surface area contributed by atoms with Crippen LogP contribution < -0.4 is 4.74 Å². The topological polar surface area (TPSA) is 77.3 Å². The molecule has 1 aromatic rings. The Balaban J connectivity index is 2.15. The number of nitriles is 1. The fraction of sp³-hybridized carbons (Fsp3) is 0.500.